The first-order chi connectivity index (χ1) is 9.42. The summed E-state index contributed by atoms with van der Waals surface area (Å²) in [5, 5.41) is 0. The zero-order valence-corrected chi connectivity index (χ0v) is 11.9. The summed E-state index contributed by atoms with van der Waals surface area (Å²) in [5.74, 6) is 1.67. The van der Waals surface area contributed by atoms with E-state index in [1.807, 2.05) is 0 Å². The standard InChI is InChI=1S/C17H26O2/c1-2-6-12(7-3-1)11-18-16-10-15-13-8-4-5-9-14(13)17(16)19-15/h11,13-17H,1-10H2. The highest BCUT2D eigenvalue weighted by Gasteiger charge is 2.55. The Bertz CT molecular complexity index is 354. The summed E-state index contributed by atoms with van der Waals surface area (Å²) in [6, 6.07) is 0. The molecule has 2 aliphatic heterocycles. The van der Waals surface area contributed by atoms with Gasteiger partial charge in [0.2, 0.25) is 0 Å². The Morgan fingerprint density at radius 1 is 0.947 bits per heavy atom. The van der Waals surface area contributed by atoms with Crippen LogP contribution in [0.2, 0.25) is 0 Å². The van der Waals surface area contributed by atoms with E-state index in [0.717, 1.165) is 18.3 Å². The number of hydrogen-bond donors (Lipinski definition) is 0. The van der Waals surface area contributed by atoms with Gasteiger partial charge in [0.25, 0.3) is 0 Å². The van der Waals surface area contributed by atoms with Crippen LogP contribution in [0, 0.1) is 11.8 Å². The first-order valence-electron chi connectivity index (χ1n) is 8.40. The summed E-state index contributed by atoms with van der Waals surface area (Å²) in [7, 11) is 0. The summed E-state index contributed by atoms with van der Waals surface area (Å²) >= 11 is 0. The minimum Gasteiger partial charge on any atom is -0.495 e. The average molecular weight is 262 g/mol. The number of fused-ring (bicyclic) bond motifs is 5. The average Bonchev–Trinajstić information content (AvgIpc) is 3.05. The molecule has 19 heavy (non-hydrogen) atoms. The van der Waals surface area contributed by atoms with Gasteiger partial charge in [0.05, 0.1) is 18.5 Å². The third kappa shape index (κ3) is 2.22. The van der Waals surface area contributed by atoms with E-state index in [9.17, 15) is 0 Å². The molecule has 2 heterocycles. The molecule has 5 unspecified atom stereocenters. The molecule has 4 aliphatic rings. The predicted molar refractivity (Wildman–Crippen MR) is 74.8 cm³/mol. The van der Waals surface area contributed by atoms with Crippen molar-refractivity contribution in [1.29, 1.82) is 0 Å². The molecule has 2 aliphatic carbocycles. The molecule has 2 nitrogen and oxygen atoms in total. The van der Waals surface area contributed by atoms with Gasteiger partial charge >= 0.3 is 0 Å². The molecule has 2 saturated heterocycles. The van der Waals surface area contributed by atoms with Crippen LogP contribution in [0.25, 0.3) is 0 Å². The largest absolute Gasteiger partial charge is 0.495 e. The van der Waals surface area contributed by atoms with E-state index < -0.39 is 0 Å². The van der Waals surface area contributed by atoms with Crippen molar-refractivity contribution in [3.05, 3.63) is 11.8 Å². The molecule has 4 rings (SSSR count). The van der Waals surface area contributed by atoms with Crippen LogP contribution < -0.4 is 0 Å². The molecule has 2 heteroatoms. The third-order valence-electron chi connectivity index (χ3n) is 5.84. The summed E-state index contributed by atoms with van der Waals surface area (Å²) < 4.78 is 12.4. The summed E-state index contributed by atoms with van der Waals surface area (Å²) in [5.41, 5.74) is 1.54. The molecular formula is C17H26O2. The van der Waals surface area contributed by atoms with Gasteiger partial charge in [-0.1, -0.05) is 19.3 Å². The van der Waals surface area contributed by atoms with Crippen LogP contribution in [-0.4, -0.2) is 18.3 Å². The molecule has 0 amide bonds. The lowest BCUT2D eigenvalue weighted by Crippen LogP contribution is -2.38. The van der Waals surface area contributed by atoms with Gasteiger partial charge < -0.3 is 9.47 Å². The van der Waals surface area contributed by atoms with Crippen LogP contribution >= 0.6 is 0 Å². The minimum atomic E-state index is 0.360. The molecule has 0 spiro atoms. The quantitative estimate of drug-likeness (QED) is 0.694. The maximum atomic E-state index is 6.22. The zero-order chi connectivity index (χ0) is 12.7. The van der Waals surface area contributed by atoms with Gasteiger partial charge in [-0.3, -0.25) is 0 Å². The molecule has 0 aromatic heterocycles. The normalized spacial score (nSPS) is 45.1. The Labute approximate surface area is 116 Å². The molecule has 0 radical (unpaired) electrons. The lowest BCUT2D eigenvalue weighted by molar-refractivity contribution is 0.0178. The topological polar surface area (TPSA) is 18.5 Å². The Morgan fingerprint density at radius 3 is 2.58 bits per heavy atom. The van der Waals surface area contributed by atoms with Gasteiger partial charge in [-0.15, -0.1) is 0 Å². The van der Waals surface area contributed by atoms with Crippen molar-refractivity contribution in [3.63, 3.8) is 0 Å². The minimum absolute atomic E-state index is 0.360. The third-order valence-corrected chi connectivity index (χ3v) is 5.84. The van der Waals surface area contributed by atoms with Gasteiger partial charge in [-0.2, -0.15) is 0 Å². The molecular weight excluding hydrogens is 236 g/mol. The van der Waals surface area contributed by atoms with Crippen LogP contribution in [0.4, 0.5) is 0 Å². The molecule has 4 fully saturated rings. The molecule has 5 atom stereocenters. The van der Waals surface area contributed by atoms with Crippen LogP contribution in [0.3, 0.4) is 0 Å². The Morgan fingerprint density at radius 2 is 1.74 bits per heavy atom. The summed E-state index contributed by atoms with van der Waals surface area (Å²) in [4.78, 5) is 0. The van der Waals surface area contributed by atoms with Crippen LogP contribution in [0.1, 0.15) is 64.2 Å². The Hall–Kier alpha value is -0.500. The van der Waals surface area contributed by atoms with Crippen molar-refractivity contribution < 1.29 is 9.47 Å². The lowest BCUT2D eigenvalue weighted by atomic mass is 9.70. The number of hydrogen-bond acceptors (Lipinski definition) is 2. The zero-order valence-electron chi connectivity index (χ0n) is 11.9. The summed E-state index contributed by atoms with van der Waals surface area (Å²) in [6.45, 7) is 0. The Kier molecular flexibility index (Phi) is 3.30. The van der Waals surface area contributed by atoms with Crippen molar-refractivity contribution in [2.45, 2.75) is 82.5 Å². The number of allylic oxidation sites excluding steroid dienone is 1. The highest BCUT2D eigenvalue weighted by atomic mass is 16.6. The first-order valence-corrected chi connectivity index (χ1v) is 8.40. The second-order valence-corrected chi connectivity index (χ2v) is 7.00. The van der Waals surface area contributed by atoms with Gasteiger partial charge in [0, 0.05) is 6.42 Å². The molecule has 106 valence electrons. The summed E-state index contributed by atoms with van der Waals surface area (Å²) in [6.07, 6.45) is 16.8. The maximum Gasteiger partial charge on any atom is 0.127 e. The predicted octanol–water partition coefficient (Wildman–Crippen LogP) is 4.20. The fraction of sp³-hybridized carbons (Fsp3) is 0.882. The second kappa shape index (κ2) is 5.12. The Balaban J connectivity index is 1.38. The first kappa shape index (κ1) is 12.3. The molecule has 0 aromatic rings. The molecule has 2 bridgehead atoms. The number of ether oxygens (including phenoxy) is 2. The van der Waals surface area contributed by atoms with Crippen LogP contribution in [-0.2, 0) is 9.47 Å². The maximum absolute atomic E-state index is 6.22. The van der Waals surface area contributed by atoms with Gasteiger partial charge in [-0.05, 0) is 55.9 Å². The lowest BCUT2D eigenvalue weighted by Gasteiger charge is -2.35. The van der Waals surface area contributed by atoms with Crippen molar-refractivity contribution >= 4 is 0 Å². The number of rotatable bonds is 2. The van der Waals surface area contributed by atoms with E-state index in [2.05, 4.69) is 6.26 Å². The van der Waals surface area contributed by atoms with E-state index in [-0.39, 0.29) is 0 Å². The second-order valence-electron chi connectivity index (χ2n) is 7.00. The van der Waals surface area contributed by atoms with E-state index >= 15 is 0 Å². The van der Waals surface area contributed by atoms with Gasteiger partial charge in [0.15, 0.2) is 0 Å². The molecule has 2 saturated carbocycles. The fourth-order valence-electron chi connectivity index (χ4n) is 4.86. The fourth-order valence-corrected chi connectivity index (χ4v) is 4.86. The van der Waals surface area contributed by atoms with Crippen molar-refractivity contribution in [2.75, 3.05) is 0 Å². The van der Waals surface area contributed by atoms with Gasteiger partial charge in [0.1, 0.15) is 6.10 Å². The monoisotopic (exact) mass is 262 g/mol. The van der Waals surface area contributed by atoms with Crippen LogP contribution in [0.15, 0.2) is 11.8 Å². The highest BCUT2D eigenvalue weighted by Crippen LogP contribution is 2.51. The van der Waals surface area contributed by atoms with Crippen molar-refractivity contribution in [2.24, 2.45) is 11.8 Å². The van der Waals surface area contributed by atoms with Crippen LogP contribution in [0.5, 0.6) is 0 Å². The van der Waals surface area contributed by atoms with E-state index in [0.29, 0.717) is 18.3 Å². The molecule has 0 aromatic carbocycles. The smallest absolute Gasteiger partial charge is 0.127 e. The van der Waals surface area contributed by atoms with E-state index in [1.54, 1.807) is 0 Å². The SMILES string of the molecule is C(OC1CC2OC1C1CCCCC21)=C1CCCCC1. The van der Waals surface area contributed by atoms with Crippen molar-refractivity contribution in [3.8, 4) is 0 Å². The van der Waals surface area contributed by atoms with Gasteiger partial charge in [-0.25, -0.2) is 0 Å². The highest BCUT2D eigenvalue weighted by molar-refractivity contribution is 5.05. The van der Waals surface area contributed by atoms with E-state index in [1.165, 1.54) is 63.4 Å². The molecule has 0 N–H and O–H groups in total. The van der Waals surface area contributed by atoms with E-state index in [4.69, 9.17) is 9.47 Å². The van der Waals surface area contributed by atoms with Crippen molar-refractivity contribution in [1.82, 2.24) is 0 Å².